The molecule has 0 radical (unpaired) electrons. The highest BCUT2D eigenvalue weighted by Gasteiger charge is 2.12. The summed E-state index contributed by atoms with van der Waals surface area (Å²) in [6.07, 6.45) is 2.51. The van der Waals surface area contributed by atoms with Crippen LogP contribution in [0.2, 0.25) is 0 Å². The van der Waals surface area contributed by atoms with Gasteiger partial charge in [-0.1, -0.05) is 18.5 Å². The molecular formula is C9H17N3O2. The van der Waals surface area contributed by atoms with Crippen LogP contribution in [0.5, 0.6) is 0 Å². The molecule has 1 unspecified atom stereocenters. The van der Waals surface area contributed by atoms with Gasteiger partial charge in [0.05, 0.1) is 12.5 Å². The van der Waals surface area contributed by atoms with Crippen molar-refractivity contribution in [1.29, 1.82) is 0 Å². The number of esters is 1. The molecule has 0 rings (SSSR count). The number of hydrogen-bond acceptors (Lipinski definition) is 3. The van der Waals surface area contributed by atoms with Crippen LogP contribution in [0.15, 0.2) is 5.11 Å². The molecule has 0 aliphatic rings. The van der Waals surface area contributed by atoms with Gasteiger partial charge in [-0.3, -0.25) is 4.79 Å². The molecule has 0 fully saturated rings. The Kier molecular flexibility index (Phi) is 7.65. The Hall–Kier alpha value is -1.22. The molecule has 0 amide bonds. The molecule has 14 heavy (non-hydrogen) atoms. The van der Waals surface area contributed by atoms with E-state index in [1.807, 2.05) is 6.92 Å². The zero-order chi connectivity index (χ0) is 10.8. The standard InChI is InChI=1S/C9H17N3O2/c1-3-14-9(13)8(2)6-4-5-7-11-12-10/h8H,3-7H2,1-2H3. The molecule has 0 bridgehead atoms. The molecule has 0 saturated heterocycles. The minimum Gasteiger partial charge on any atom is -0.466 e. The fourth-order valence-electron chi connectivity index (χ4n) is 1.08. The average Bonchev–Trinajstić information content (AvgIpc) is 2.17. The molecule has 0 N–H and O–H groups in total. The molecule has 0 aromatic rings. The molecular weight excluding hydrogens is 182 g/mol. The van der Waals surface area contributed by atoms with Crippen molar-refractivity contribution in [2.75, 3.05) is 13.2 Å². The minimum absolute atomic E-state index is 0.0546. The van der Waals surface area contributed by atoms with Crippen molar-refractivity contribution >= 4 is 5.97 Å². The number of carbonyl (C=O) groups is 1. The monoisotopic (exact) mass is 199 g/mol. The van der Waals surface area contributed by atoms with Gasteiger partial charge in [0, 0.05) is 11.5 Å². The normalized spacial score (nSPS) is 11.6. The van der Waals surface area contributed by atoms with Crippen molar-refractivity contribution < 1.29 is 9.53 Å². The van der Waals surface area contributed by atoms with Crippen LogP contribution in [0.4, 0.5) is 0 Å². The first-order valence-corrected chi connectivity index (χ1v) is 4.89. The number of rotatable bonds is 7. The van der Waals surface area contributed by atoms with Gasteiger partial charge in [0.25, 0.3) is 0 Å². The third-order valence-corrected chi connectivity index (χ3v) is 1.90. The molecule has 0 aromatic carbocycles. The van der Waals surface area contributed by atoms with E-state index in [-0.39, 0.29) is 11.9 Å². The predicted molar refractivity (Wildman–Crippen MR) is 53.7 cm³/mol. The van der Waals surface area contributed by atoms with E-state index in [0.29, 0.717) is 13.2 Å². The molecule has 1 atom stereocenters. The van der Waals surface area contributed by atoms with Crippen molar-refractivity contribution in [2.45, 2.75) is 33.1 Å². The van der Waals surface area contributed by atoms with Gasteiger partial charge >= 0.3 is 5.97 Å². The molecule has 0 aromatic heterocycles. The molecule has 5 heteroatoms. The van der Waals surface area contributed by atoms with Gasteiger partial charge in [0.15, 0.2) is 0 Å². The summed E-state index contributed by atoms with van der Waals surface area (Å²) in [5.41, 5.74) is 8.02. The molecule has 5 nitrogen and oxygen atoms in total. The van der Waals surface area contributed by atoms with E-state index in [9.17, 15) is 4.79 Å². The number of unbranched alkanes of at least 4 members (excludes halogenated alkanes) is 1. The second-order valence-corrected chi connectivity index (χ2v) is 3.10. The zero-order valence-electron chi connectivity index (χ0n) is 8.77. The van der Waals surface area contributed by atoms with E-state index >= 15 is 0 Å². The first kappa shape index (κ1) is 12.8. The van der Waals surface area contributed by atoms with Crippen LogP contribution in [-0.4, -0.2) is 19.1 Å². The van der Waals surface area contributed by atoms with Gasteiger partial charge in [-0.25, -0.2) is 0 Å². The Morgan fingerprint density at radius 1 is 1.57 bits per heavy atom. The molecule has 0 spiro atoms. The highest BCUT2D eigenvalue weighted by Crippen LogP contribution is 2.09. The van der Waals surface area contributed by atoms with E-state index in [1.165, 1.54) is 0 Å². The first-order chi connectivity index (χ1) is 6.72. The maximum absolute atomic E-state index is 11.2. The summed E-state index contributed by atoms with van der Waals surface area (Å²) in [7, 11) is 0. The number of hydrogen-bond donors (Lipinski definition) is 0. The van der Waals surface area contributed by atoms with Crippen molar-refractivity contribution in [3.63, 3.8) is 0 Å². The van der Waals surface area contributed by atoms with Gasteiger partial charge < -0.3 is 4.74 Å². The number of azide groups is 1. The average molecular weight is 199 g/mol. The lowest BCUT2D eigenvalue weighted by atomic mass is 10.0. The Morgan fingerprint density at radius 3 is 2.86 bits per heavy atom. The highest BCUT2D eigenvalue weighted by atomic mass is 16.5. The topological polar surface area (TPSA) is 75.1 Å². The van der Waals surface area contributed by atoms with Crippen molar-refractivity contribution in [3.8, 4) is 0 Å². The van der Waals surface area contributed by atoms with Crippen LogP contribution in [0, 0.1) is 5.92 Å². The van der Waals surface area contributed by atoms with Gasteiger partial charge in [-0.05, 0) is 25.3 Å². The number of nitrogens with zero attached hydrogens (tertiary/aromatic N) is 3. The van der Waals surface area contributed by atoms with Crippen LogP contribution in [0.1, 0.15) is 33.1 Å². The lowest BCUT2D eigenvalue weighted by molar-refractivity contribution is -0.147. The van der Waals surface area contributed by atoms with E-state index in [1.54, 1.807) is 6.92 Å². The second kappa shape index (κ2) is 8.38. The quantitative estimate of drug-likeness (QED) is 0.208. The predicted octanol–water partition coefficient (Wildman–Crippen LogP) is 2.67. The summed E-state index contributed by atoms with van der Waals surface area (Å²) < 4.78 is 4.86. The Bertz CT molecular complexity index is 212. The third-order valence-electron chi connectivity index (χ3n) is 1.90. The van der Waals surface area contributed by atoms with Crippen molar-refractivity contribution in [2.24, 2.45) is 11.0 Å². The van der Waals surface area contributed by atoms with Crippen LogP contribution >= 0.6 is 0 Å². The second-order valence-electron chi connectivity index (χ2n) is 3.10. The van der Waals surface area contributed by atoms with Crippen LogP contribution in [0.3, 0.4) is 0 Å². The van der Waals surface area contributed by atoms with Crippen molar-refractivity contribution in [1.82, 2.24) is 0 Å². The van der Waals surface area contributed by atoms with Crippen molar-refractivity contribution in [3.05, 3.63) is 10.4 Å². The summed E-state index contributed by atoms with van der Waals surface area (Å²) >= 11 is 0. The van der Waals surface area contributed by atoms with Crippen LogP contribution in [0.25, 0.3) is 10.4 Å². The van der Waals surface area contributed by atoms with Gasteiger partial charge in [0.2, 0.25) is 0 Å². The lowest BCUT2D eigenvalue weighted by Gasteiger charge is -2.09. The highest BCUT2D eigenvalue weighted by molar-refractivity contribution is 5.71. The molecule has 0 heterocycles. The Labute approximate surface area is 84.1 Å². The molecule has 0 saturated carbocycles. The maximum atomic E-state index is 11.2. The van der Waals surface area contributed by atoms with Gasteiger partial charge in [-0.15, -0.1) is 0 Å². The van der Waals surface area contributed by atoms with Gasteiger partial charge in [0.1, 0.15) is 0 Å². The van der Waals surface area contributed by atoms with E-state index in [2.05, 4.69) is 10.0 Å². The summed E-state index contributed by atoms with van der Waals surface area (Å²) in [4.78, 5) is 13.8. The smallest absolute Gasteiger partial charge is 0.308 e. The zero-order valence-corrected chi connectivity index (χ0v) is 8.77. The summed E-state index contributed by atoms with van der Waals surface area (Å²) in [6.45, 7) is 4.59. The minimum atomic E-state index is -0.142. The summed E-state index contributed by atoms with van der Waals surface area (Å²) in [6, 6.07) is 0. The van der Waals surface area contributed by atoms with E-state index in [4.69, 9.17) is 10.3 Å². The fraction of sp³-hybridized carbons (Fsp3) is 0.889. The number of ether oxygens (including phenoxy) is 1. The molecule has 0 aliphatic heterocycles. The Morgan fingerprint density at radius 2 is 2.29 bits per heavy atom. The molecule has 0 aliphatic carbocycles. The fourth-order valence-corrected chi connectivity index (χ4v) is 1.08. The summed E-state index contributed by atoms with van der Waals surface area (Å²) in [5.74, 6) is -0.197. The third kappa shape index (κ3) is 6.31. The molecule has 80 valence electrons. The number of carbonyl (C=O) groups excluding carboxylic acids is 1. The van der Waals surface area contributed by atoms with E-state index in [0.717, 1.165) is 19.3 Å². The largest absolute Gasteiger partial charge is 0.466 e. The first-order valence-electron chi connectivity index (χ1n) is 4.89. The Balaban J connectivity index is 3.47. The lowest BCUT2D eigenvalue weighted by Crippen LogP contribution is -2.14. The van der Waals surface area contributed by atoms with Gasteiger partial charge in [-0.2, -0.15) is 0 Å². The van der Waals surface area contributed by atoms with Crippen LogP contribution in [-0.2, 0) is 9.53 Å². The summed E-state index contributed by atoms with van der Waals surface area (Å²) in [5, 5.41) is 3.41. The maximum Gasteiger partial charge on any atom is 0.308 e. The van der Waals surface area contributed by atoms with Crippen LogP contribution < -0.4 is 0 Å². The SMILES string of the molecule is CCOC(=O)C(C)CCCCN=[N+]=[N-]. The van der Waals surface area contributed by atoms with E-state index < -0.39 is 0 Å².